The molecule has 1 aromatic heterocycles. The van der Waals surface area contributed by atoms with E-state index in [0.717, 1.165) is 22.4 Å². The number of nitrogens with zero attached hydrogens (tertiary/aromatic N) is 3. The van der Waals surface area contributed by atoms with Crippen molar-refractivity contribution in [1.82, 2.24) is 15.0 Å². The Morgan fingerprint density at radius 2 is 1.96 bits per heavy atom. The first-order valence-corrected chi connectivity index (χ1v) is 9.17. The molecule has 28 heavy (non-hydrogen) atoms. The van der Waals surface area contributed by atoms with Crippen molar-refractivity contribution >= 4 is 12.0 Å². The molecule has 3 aromatic rings. The van der Waals surface area contributed by atoms with Crippen molar-refractivity contribution in [3.8, 4) is 17.1 Å². The van der Waals surface area contributed by atoms with Gasteiger partial charge in [-0.15, -0.1) is 0 Å². The first kappa shape index (κ1) is 18.0. The van der Waals surface area contributed by atoms with E-state index in [0.29, 0.717) is 31.1 Å². The van der Waals surface area contributed by atoms with Crippen LogP contribution in [0.2, 0.25) is 0 Å². The van der Waals surface area contributed by atoms with Gasteiger partial charge in [-0.25, -0.2) is 0 Å². The predicted molar refractivity (Wildman–Crippen MR) is 105 cm³/mol. The van der Waals surface area contributed by atoms with E-state index in [2.05, 4.69) is 16.7 Å². The van der Waals surface area contributed by atoms with Gasteiger partial charge in [0, 0.05) is 18.5 Å². The van der Waals surface area contributed by atoms with Gasteiger partial charge in [0.2, 0.25) is 17.6 Å². The first-order chi connectivity index (χ1) is 13.7. The summed E-state index contributed by atoms with van der Waals surface area (Å²) < 4.78 is 10.7. The summed E-state index contributed by atoms with van der Waals surface area (Å²) in [7, 11) is 1.62. The van der Waals surface area contributed by atoms with Gasteiger partial charge in [-0.3, -0.25) is 4.79 Å². The van der Waals surface area contributed by atoms with Crippen LogP contribution in [0, 0.1) is 0 Å². The second-order valence-corrected chi connectivity index (χ2v) is 6.71. The molecule has 0 aliphatic carbocycles. The third-order valence-corrected chi connectivity index (χ3v) is 4.97. The van der Waals surface area contributed by atoms with Crippen LogP contribution in [0.25, 0.3) is 17.5 Å². The molecule has 1 fully saturated rings. The Kier molecular flexibility index (Phi) is 4.93. The Bertz CT molecular complexity index is 977. The summed E-state index contributed by atoms with van der Waals surface area (Å²) in [4.78, 5) is 18.8. The molecule has 0 radical (unpaired) electrons. The van der Waals surface area contributed by atoms with E-state index < -0.39 is 0 Å². The molecule has 1 amide bonds. The molecule has 142 valence electrons. The summed E-state index contributed by atoms with van der Waals surface area (Å²) in [5.74, 6) is 1.84. The number of carbonyl (C=O) groups excluding carboxylic acids is 1. The van der Waals surface area contributed by atoms with Crippen molar-refractivity contribution in [3.63, 3.8) is 0 Å². The highest BCUT2D eigenvalue weighted by atomic mass is 16.5. The Balaban J connectivity index is 1.54. The van der Waals surface area contributed by atoms with Crippen molar-refractivity contribution in [3.05, 3.63) is 72.1 Å². The van der Waals surface area contributed by atoms with Gasteiger partial charge in [0.1, 0.15) is 11.8 Å². The first-order valence-electron chi connectivity index (χ1n) is 9.17. The van der Waals surface area contributed by atoms with E-state index in [4.69, 9.17) is 9.26 Å². The van der Waals surface area contributed by atoms with Crippen LogP contribution in [0.15, 0.2) is 59.6 Å². The van der Waals surface area contributed by atoms with E-state index in [1.54, 1.807) is 13.2 Å². The van der Waals surface area contributed by atoms with Crippen LogP contribution in [0.1, 0.15) is 35.9 Å². The standard InChI is InChI=1S/C22H21N3O3/c1-3-15-4-6-16(7-5-15)14-25-19(12-13-20(25)26)22-23-21(24-28-22)17-8-10-18(27-2)11-9-17/h3-11,19H,1,12-14H2,2H3. The topological polar surface area (TPSA) is 68.5 Å². The van der Waals surface area contributed by atoms with Gasteiger partial charge in [-0.05, 0) is 41.8 Å². The van der Waals surface area contributed by atoms with E-state index in [-0.39, 0.29) is 11.9 Å². The zero-order valence-corrected chi connectivity index (χ0v) is 15.7. The van der Waals surface area contributed by atoms with Crippen LogP contribution in [0.5, 0.6) is 5.75 Å². The minimum absolute atomic E-state index is 0.0991. The number of hydrogen-bond donors (Lipinski definition) is 0. The molecule has 1 unspecified atom stereocenters. The fraction of sp³-hybridized carbons (Fsp3) is 0.227. The monoisotopic (exact) mass is 375 g/mol. The summed E-state index contributed by atoms with van der Waals surface area (Å²) in [6, 6.07) is 15.3. The zero-order chi connectivity index (χ0) is 19.5. The summed E-state index contributed by atoms with van der Waals surface area (Å²) in [5, 5.41) is 4.10. The highest BCUT2D eigenvalue weighted by Gasteiger charge is 2.36. The van der Waals surface area contributed by atoms with Crippen molar-refractivity contribution in [1.29, 1.82) is 0 Å². The second-order valence-electron chi connectivity index (χ2n) is 6.71. The predicted octanol–water partition coefficient (Wildman–Crippen LogP) is 4.25. The quantitative estimate of drug-likeness (QED) is 0.644. The molecular formula is C22H21N3O3. The van der Waals surface area contributed by atoms with Gasteiger partial charge in [0.25, 0.3) is 0 Å². The number of amides is 1. The average Bonchev–Trinajstić information content (AvgIpc) is 3.36. The number of benzene rings is 2. The normalized spacial score (nSPS) is 16.4. The Hall–Kier alpha value is -3.41. The number of hydrogen-bond acceptors (Lipinski definition) is 5. The minimum Gasteiger partial charge on any atom is -0.497 e. The van der Waals surface area contributed by atoms with Gasteiger partial charge < -0.3 is 14.2 Å². The minimum atomic E-state index is -0.203. The van der Waals surface area contributed by atoms with E-state index in [1.807, 2.05) is 53.4 Å². The molecule has 1 aliphatic rings. The number of ether oxygens (including phenoxy) is 1. The molecule has 0 saturated carbocycles. The highest BCUT2D eigenvalue weighted by molar-refractivity contribution is 5.79. The lowest BCUT2D eigenvalue weighted by atomic mass is 10.1. The summed E-state index contributed by atoms with van der Waals surface area (Å²) >= 11 is 0. The largest absolute Gasteiger partial charge is 0.497 e. The lowest BCUT2D eigenvalue weighted by Crippen LogP contribution is -2.27. The lowest BCUT2D eigenvalue weighted by molar-refractivity contribution is -0.129. The number of carbonyl (C=O) groups is 1. The van der Waals surface area contributed by atoms with Gasteiger partial charge in [-0.2, -0.15) is 4.98 Å². The molecule has 2 aromatic carbocycles. The van der Waals surface area contributed by atoms with Gasteiger partial charge in [0.05, 0.1) is 7.11 Å². The molecule has 0 spiro atoms. The maximum Gasteiger partial charge on any atom is 0.249 e. The van der Waals surface area contributed by atoms with Crippen LogP contribution < -0.4 is 4.74 Å². The number of aromatic nitrogens is 2. The summed E-state index contributed by atoms with van der Waals surface area (Å²) in [6.45, 7) is 4.28. The Labute approximate surface area is 163 Å². The molecular weight excluding hydrogens is 354 g/mol. The van der Waals surface area contributed by atoms with Crippen LogP contribution in [-0.4, -0.2) is 28.1 Å². The molecule has 0 bridgehead atoms. The SMILES string of the molecule is C=Cc1ccc(CN2C(=O)CCC2c2nc(-c3ccc(OC)cc3)no2)cc1. The third kappa shape index (κ3) is 3.53. The van der Waals surface area contributed by atoms with Crippen LogP contribution in [0.3, 0.4) is 0 Å². The molecule has 2 heterocycles. The fourth-order valence-electron chi connectivity index (χ4n) is 3.37. The molecule has 6 nitrogen and oxygen atoms in total. The molecule has 6 heteroatoms. The Morgan fingerprint density at radius 3 is 2.64 bits per heavy atom. The number of methoxy groups -OCH3 is 1. The van der Waals surface area contributed by atoms with Crippen LogP contribution in [-0.2, 0) is 11.3 Å². The second kappa shape index (κ2) is 7.68. The summed E-state index contributed by atoms with van der Waals surface area (Å²) in [6.07, 6.45) is 2.95. The van der Waals surface area contributed by atoms with E-state index >= 15 is 0 Å². The number of rotatable bonds is 6. The smallest absolute Gasteiger partial charge is 0.249 e. The van der Waals surface area contributed by atoms with E-state index in [1.165, 1.54) is 0 Å². The van der Waals surface area contributed by atoms with Crippen LogP contribution >= 0.6 is 0 Å². The highest BCUT2D eigenvalue weighted by Crippen LogP contribution is 2.34. The maximum atomic E-state index is 12.4. The molecule has 4 rings (SSSR count). The lowest BCUT2D eigenvalue weighted by Gasteiger charge is -2.22. The van der Waals surface area contributed by atoms with Gasteiger partial charge in [0.15, 0.2) is 0 Å². The number of likely N-dealkylation sites (tertiary alicyclic amines) is 1. The molecule has 1 saturated heterocycles. The van der Waals surface area contributed by atoms with Crippen molar-refractivity contribution in [2.45, 2.75) is 25.4 Å². The molecule has 1 aliphatic heterocycles. The zero-order valence-electron chi connectivity index (χ0n) is 15.7. The van der Waals surface area contributed by atoms with Gasteiger partial charge in [-0.1, -0.05) is 42.1 Å². The van der Waals surface area contributed by atoms with Gasteiger partial charge >= 0.3 is 0 Å². The average molecular weight is 375 g/mol. The van der Waals surface area contributed by atoms with Crippen LogP contribution in [0.4, 0.5) is 0 Å². The molecule has 1 atom stereocenters. The molecule has 0 N–H and O–H groups in total. The van der Waals surface area contributed by atoms with Crippen molar-refractivity contribution < 1.29 is 14.1 Å². The van der Waals surface area contributed by atoms with Crippen molar-refractivity contribution in [2.24, 2.45) is 0 Å². The van der Waals surface area contributed by atoms with E-state index in [9.17, 15) is 4.79 Å². The summed E-state index contributed by atoms with van der Waals surface area (Å²) in [5.41, 5.74) is 2.95. The maximum absolute atomic E-state index is 12.4. The third-order valence-electron chi connectivity index (χ3n) is 4.97. The fourth-order valence-corrected chi connectivity index (χ4v) is 3.37. The Morgan fingerprint density at radius 1 is 1.21 bits per heavy atom. The van der Waals surface area contributed by atoms with Crippen molar-refractivity contribution in [2.75, 3.05) is 7.11 Å².